The topological polar surface area (TPSA) is 146 Å². The summed E-state index contributed by atoms with van der Waals surface area (Å²) in [6.45, 7) is 0.963. The fourth-order valence-corrected chi connectivity index (χ4v) is 6.59. The lowest BCUT2D eigenvalue weighted by molar-refractivity contribution is -0.156. The number of fused-ring (bicyclic) bond motifs is 5. The molecule has 3 atom stereocenters. The molecule has 0 aliphatic carbocycles. The van der Waals surface area contributed by atoms with Crippen molar-refractivity contribution in [1.82, 2.24) is 10.2 Å². The Morgan fingerprint density at radius 1 is 0.709 bits per heavy atom. The van der Waals surface area contributed by atoms with E-state index < -0.39 is 35.9 Å². The van der Waals surface area contributed by atoms with Crippen molar-refractivity contribution >= 4 is 17.8 Å². The van der Waals surface area contributed by atoms with Crippen molar-refractivity contribution in [3.8, 4) is 22.6 Å². The first-order valence-electron chi connectivity index (χ1n) is 18.6. The summed E-state index contributed by atoms with van der Waals surface area (Å²) in [5.41, 5.74) is 18.4. The van der Waals surface area contributed by atoms with Crippen molar-refractivity contribution in [2.45, 2.75) is 63.6 Å². The van der Waals surface area contributed by atoms with Crippen LogP contribution in [0.2, 0.25) is 0 Å². The zero-order valence-corrected chi connectivity index (χ0v) is 31.1. The number of hydrogen-bond donors (Lipinski definition) is 3. The molecule has 1 aliphatic heterocycles. The Morgan fingerprint density at radius 2 is 1.20 bits per heavy atom. The number of carbonyl (C=O) groups excluding carboxylic acids is 3. The van der Waals surface area contributed by atoms with Gasteiger partial charge in [0.05, 0.1) is 6.04 Å². The third kappa shape index (κ3) is 10.4. The number of likely N-dealkylation sites (N-methyl/N-ethyl adjacent to an activating group) is 1. The smallest absolute Gasteiger partial charge is 0.329 e. The minimum absolute atomic E-state index is 0.0271. The van der Waals surface area contributed by atoms with Crippen LogP contribution in [0, 0.1) is 0 Å². The second-order valence-electron chi connectivity index (χ2n) is 13.8. The van der Waals surface area contributed by atoms with E-state index in [1.54, 1.807) is 7.05 Å². The molecule has 10 heteroatoms. The fourth-order valence-electron chi connectivity index (χ4n) is 6.59. The van der Waals surface area contributed by atoms with Gasteiger partial charge in [0, 0.05) is 19.9 Å². The molecule has 0 fully saturated rings. The van der Waals surface area contributed by atoms with E-state index in [9.17, 15) is 14.4 Å². The summed E-state index contributed by atoms with van der Waals surface area (Å²) in [5, 5.41) is 2.88. The van der Waals surface area contributed by atoms with Crippen molar-refractivity contribution in [3.63, 3.8) is 0 Å². The van der Waals surface area contributed by atoms with Crippen LogP contribution in [0.25, 0.3) is 11.1 Å². The average Bonchev–Trinajstić information content (AvgIpc) is 3.22. The summed E-state index contributed by atoms with van der Waals surface area (Å²) in [4.78, 5) is 43.5. The van der Waals surface area contributed by atoms with Gasteiger partial charge in [-0.2, -0.15) is 0 Å². The lowest BCUT2D eigenvalue weighted by Gasteiger charge is -2.31. The van der Waals surface area contributed by atoms with E-state index in [0.29, 0.717) is 43.2 Å². The molecule has 0 saturated carbocycles. The maximum atomic E-state index is 14.3. The van der Waals surface area contributed by atoms with Gasteiger partial charge in [0.15, 0.2) is 0 Å². The van der Waals surface area contributed by atoms with E-state index in [1.807, 2.05) is 127 Å². The van der Waals surface area contributed by atoms with E-state index in [2.05, 4.69) is 5.32 Å². The van der Waals surface area contributed by atoms with Gasteiger partial charge < -0.3 is 35.9 Å². The Balaban J connectivity index is 1.42. The molecule has 55 heavy (non-hydrogen) atoms. The molecule has 0 radical (unpaired) electrons. The number of nitrogens with one attached hydrogen (secondary N) is 1. The van der Waals surface area contributed by atoms with E-state index in [-0.39, 0.29) is 25.9 Å². The standard InChI is InChI=1S/C45H48N4O6/c1-49-40(45(52)55-30-33-16-9-4-10-17-33)27-37-25-35(20-22-42(37)54-29-32-14-7-3-8-15-32)34-19-21-41(53-28-31-12-5-2-6-13-31)36(24-34)26-38(47)43(50)48-39(44(49)51)18-11-23-46/h2-10,12-17,19-22,24-25,38-40H,11,18,23,26-30,46-47H2,1H3,(H,48,50)/t38?,39-,40?/m0/s1. The minimum Gasteiger partial charge on any atom is -0.489 e. The Morgan fingerprint density at radius 3 is 1.71 bits per heavy atom. The molecule has 0 saturated heterocycles. The first kappa shape index (κ1) is 38.7. The summed E-state index contributed by atoms with van der Waals surface area (Å²) < 4.78 is 18.5. The number of benzene rings is 5. The van der Waals surface area contributed by atoms with Crippen LogP contribution >= 0.6 is 0 Å². The van der Waals surface area contributed by atoms with E-state index >= 15 is 0 Å². The molecule has 0 aromatic heterocycles. The van der Waals surface area contributed by atoms with Crippen LogP contribution in [0.3, 0.4) is 0 Å². The highest BCUT2D eigenvalue weighted by atomic mass is 16.5. The van der Waals surface area contributed by atoms with Crippen molar-refractivity contribution in [2.24, 2.45) is 11.5 Å². The van der Waals surface area contributed by atoms with Gasteiger partial charge in [-0.3, -0.25) is 9.59 Å². The van der Waals surface area contributed by atoms with Crippen LogP contribution in [0.4, 0.5) is 0 Å². The summed E-state index contributed by atoms with van der Waals surface area (Å²) in [6, 6.07) is 37.6. The van der Waals surface area contributed by atoms with Gasteiger partial charge in [0.2, 0.25) is 11.8 Å². The van der Waals surface area contributed by atoms with Gasteiger partial charge in [-0.25, -0.2) is 4.79 Å². The number of hydrogen-bond acceptors (Lipinski definition) is 8. The molecule has 5 aromatic carbocycles. The van der Waals surface area contributed by atoms with E-state index in [4.69, 9.17) is 25.7 Å². The maximum absolute atomic E-state index is 14.3. The van der Waals surface area contributed by atoms with Gasteiger partial charge in [0.25, 0.3) is 0 Å². The predicted molar refractivity (Wildman–Crippen MR) is 212 cm³/mol. The lowest BCUT2D eigenvalue weighted by Crippen LogP contribution is -2.55. The lowest BCUT2D eigenvalue weighted by atomic mass is 9.95. The van der Waals surface area contributed by atoms with Crippen LogP contribution in [0.5, 0.6) is 11.5 Å². The van der Waals surface area contributed by atoms with Crippen molar-refractivity contribution < 1.29 is 28.6 Å². The van der Waals surface area contributed by atoms with Gasteiger partial charge in [-0.1, -0.05) is 103 Å². The first-order chi connectivity index (χ1) is 26.8. The molecule has 6 rings (SSSR count). The zero-order chi connectivity index (χ0) is 38.6. The number of amides is 2. The van der Waals surface area contributed by atoms with Crippen LogP contribution in [-0.4, -0.2) is 54.4 Å². The molecular formula is C45H48N4O6. The number of esters is 1. The highest BCUT2D eigenvalue weighted by Gasteiger charge is 2.35. The number of carbonyl (C=O) groups is 3. The van der Waals surface area contributed by atoms with Crippen LogP contribution in [0.1, 0.15) is 40.7 Å². The Labute approximate surface area is 322 Å². The van der Waals surface area contributed by atoms with Crippen molar-refractivity contribution in [2.75, 3.05) is 13.6 Å². The summed E-state index contributed by atoms with van der Waals surface area (Å²) in [7, 11) is 1.56. The zero-order valence-electron chi connectivity index (χ0n) is 31.1. The summed E-state index contributed by atoms with van der Waals surface area (Å²) in [5.74, 6) is -0.387. The third-order valence-corrected chi connectivity index (χ3v) is 9.74. The normalized spacial score (nSPS) is 17.4. The van der Waals surface area contributed by atoms with Crippen molar-refractivity contribution in [3.05, 3.63) is 155 Å². The highest BCUT2D eigenvalue weighted by Crippen LogP contribution is 2.33. The van der Waals surface area contributed by atoms with Crippen LogP contribution < -0.4 is 26.3 Å². The Kier molecular flexibility index (Phi) is 13.3. The first-order valence-corrected chi connectivity index (χ1v) is 18.6. The van der Waals surface area contributed by atoms with Gasteiger partial charge in [0.1, 0.15) is 43.4 Å². The molecule has 5 aromatic rings. The minimum atomic E-state index is -1.06. The monoisotopic (exact) mass is 740 g/mol. The molecular weight excluding hydrogens is 693 g/mol. The van der Waals surface area contributed by atoms with Gasteiger partial charge in [-0.15, -0.1) is 0 Å². The Bertz CT molecular complexity index is 2040. The van der Waals surface area contributed by atoms with Crippen LogP contribution in [0.15, 0.2) is 127 Å². The number of ether oxygens (including phenoxy) is 3. The molecule has 1 aliphatic rings. The second kappa shape index (κ2) is 18.9. The molecule has 2 amide bonds. The second-order valence-corrected chi connectivity index (χ2v) is 13.8. The quantitative estimate of drug-likeness (QED) is 0.138. The number of nitrogens with zero attached hydrogens (tertiary/aromatic N) is 1. The molecule has 2 unspecified atom stereocenters. The number of rotatable bonds is 12. The molecule has 1 heterocycles. The average molecular weight is 741 g/mol. The molecule has 0 spiro atoms. The summed E-state index contributed by atoms with van der Waals surface area (Å²) in [6.07, 6.45) is 0.945. The third-order valence-electron chi connectivity index (χ3n) is 9.74. The molecule has 10 nitrogen and oxygen atoms in total. The van der Waals surface area contributed by atoms with Crippen LogP contribution in [-0.2, 0) is 51.8 Å². The SMILES string of the molecule is CN1C(=O)[C@H](CCCN)NC(=O)C(N)Cc2cc(ccc2OCc2ccccc2)-c2ccc(OCc3ccccc3)c(c2)CC1C(=O)OCc1ccccc1. The highest BCUT2D eigenvalue weighted by molar-refractivity contribution is 5.92. The van der Waals surface area contributed by atoms with Gasteiger partial charge in [-0.05, 0) is 82.6 Å². The summed E-state index contributed by atoms with van der Waals surface area (Å²) >= 11 is 0. The Hall–Kier alpha value is -5.97. The van der Waals surface area contributed by atoms with E-state index in [0.717, 1.165) is 33.4 Å². The van der Waals surface area contributed by atoms with Gasteiger partial charge >= 0.3 is 5.97 Å². The number of nitrogens with two attached hydrogens (primary N) is 2. The largest absolute Gasteiger partial charge is 0.489 e. The van der Waals surface area contributed by atoms with E-state index in [1.165, 1.54) is 4.90 Å². The molecule has 4 bridgehead atoms. The molecule has 5 N–H and O–H groups in total. The fraction of sp³-hybridized carbons (Fsp3) is 0.267. The molecule has 284 valence electrons. The maximum Gasteiger partial charge on any atom is 0.329 e. The predicted octanol–water partition coefficient (Wildman–Crippen LogP) is 5.73. The van der Waals surface area contributed by atoms with Crippen molar-refractivity contribution in [1.29, 1.82) is 0 Å².